The number of carbonyl (C=O) groups excluding carboxylic acids is 1. The number of aromatic nitrogens is 3. The van der Waals surface area contributed by atoms with Crippen molar-refractivity contribution < 1.29 is 18.7 Å². The van der Waals surface area contributed by atoms with Gasteiger partial charge in [-0.2, -0.15) is 0 Å². The van der Waals surface area contributed by atoms with Crippen LogP contribution in [0.1, 0.15) is 66.6 Å². The molecule has 3 saturated heterocycles. The summed E-state index contributed by atoms with van der Waals surface area (Å²) in [5.74, 6) is -0.868. The molecule has 60 heavy (non-hydrogen) atoms. The van der Waals surface area contributed by atoms with Crippen LogP contribution in [-0.4, -0.2) is 126 Å². The fraction of sp³-hybridized carbons (Fsp3) is 0.545. The summed E-state index contributed by atoms with van der Waals surface area (Å²) in [7, 11) is 0. The van der Waals surface area contributed by atoms with Gasteiger partial charge in [-0.25, -0.2) is 24.0 Å². The highest BCUT2D eigenvalue weighted by Gasteiger charge is 2.34. The van der Waals surface area contributed by atoms with Crippen LogP contribution in [0.4, 0.5) is 21.6 Å². The molecular formula is C44H58FN9O6. The predicted octanol–water partition coefficient (Wildman–Crippen LogP) is 3.74. The second-order valence-corrected chi connectivity index (χ2v) is 16.8. The average molecular weight is 828 g/mol. The number of nitrogens with zero attached hydrogens (tertiary/aromatic N) is 6. The number of fused-ring (bicyclic) bond motifs is 1. The monoisotopic (exact) mass is 827 g/mol. The normalized spacial score (nSPS) is 20.8. The van der Waals surface area contributed by atoms with Crippen LogP contribution in [0.25, 0.3) is 10.9 Å². The van der Waals surface area contributed by atoms with E-state index in [1.165, 1.54) is 16.7 Å². The number of carbonyl (C=O) groups is 1. The first-order chi connectivity index (χ1) is 29.0. The number of rotatable bonds is 14. The first-order valence-electron chi connectivity index (χ1n) is 21.6. The van der Waals surface area contributed by atoms with E-state index >= 15 is 4.39 Å². The molecule has 4 aromatic rings. The first-order valence-corrected chi connectivity index (χ1v) is 21.6. The van der Waals surface area contributed by atoms with Gasteiger partial charge in [0.1, 0.15) is 23.8 Å². The number of hydrazine groups is 1. The molecule has 2 atom stereocenters. The van der Waals surface area contributed by atoms with Gasteiger partial charge in [0.25, 0.3) is 5.56 Å². The fourth-order valence-corrected chi connectivity index (χ4v) is 8.80. The van der Waals surface area contributed by atoms with E-state index in [-0.39, 0.29) is 41.7 Å². The number of unbranched alkanes of at least 4 members (excludes halogenated alkanes) is 1. The van der Waals surface area contributed by atoms with Crippen molar-refractivity contribution in [2.24, 2.45) is 0 Å². The minimum absolute atomic E-state index is 0.0783. The van der Waals surface area contributed by atoms with Crippen molar-refractivity contribution in [2.75, 3.05) is 88.9 Å². The van der Waals surface area contributed by atoms with Crippen molar-refractivity contribution >= 4 is 34.1 Å². The molecule has 0 radical (unpaired) electrons. The summed E-state index contributed by atoms with van der Waals surface area (Å²) in [6.45, 7) is 14.6. The van der Waals surface area contributed by atoms with Crippen molar-refractivity contribution in [1.82, 2.24) is 34.4 Å². The summed E-state index contributed by atoms with van der Waals surface area (Å²) >= 11 is 0. The Morgan fingerprint density at radius 1 is 0.933 bits per heavy atom. The van der Waals surface area contributed by atoms with Gasteiger partial charge < -0.3 is 29.6 Å². The quantitative estimate of drug-likeness (QED) is 0.126. The molecule has 8 rings (SSSR count). The van der Waals surface area contributed by atoms with Gasteiger partial charge in [0.2, 0.25) is 5.43 Å². The van der Waals surface area contributed by atoms with Crippen LogP contribution in [-0.2, 0) is 16.0 Å². The second kappa shape index (κ2) is 18.4. The number of nitrogens with one attached hydrogen (secondary N) is 3. The molecule has 322 valence electrons. The van der Waals surface area contributed by atoms with Crippen LogP contribution in [0, 0.1) is 19.7 Å². The number of hydrogen-bond acceptors (Lipinski definition) is 12. The number of aromatic amines is 1. The number of ether oxygens (including phenoxy) is 2. The van der Waals surface area contributed by atoms with Gasteiger partial charge in [0.15, 0.2) is 0 Å². The third-order valence-corrected chi connectivity index (χ3v) is 12.5. The Bertz CT molecular complexity index is 2340. The molecule has 16 heteroatoms. The van der Waals surface area contributed by atoms with Crippen molar-refractivity contribution in [3.05, 3.63) is 96.2 Å². The number of morpholine rings is 1. The molecule has 0 spiro atoms. The molecule has 2 aromatic heterocycles. The lowest BCUT2D eigenvalue weighted by Gasteiger charge is -2.48. The van der Waals surface area contributed by atoms with E-state index in [9.17, 15) is 19.2 Å². The van der Waals surface area contributed by atoms with Gasteiger partial charge in [-0.3, -0.25) is 24.0 Å². The summed E-state index contributed by atoms with van der Waals surface area (Å²) in [6, 6.07) is 10.7. The lowest BCUT2D eigenvalue weighted by Crippen LogP contribution is -2.63. The standard InChI is InChI=1S/C44H58FN9O6/c1-29-7-8-32(22-30(29)2)47-40-25-41(55)53(44(58)48-40)12-5-4-6-34-27-51(50-13-11-46-31(3)26-50)14-15-52(34)39-24-38-35(23-37(39)45)42(56)36(28-54(38)33-9-10-33)43(57)60-21-18-49-16-19-59-20-17-49/h7-8,22-25,28,31,33-34,46-47H,4-6,9-21,26-27H2,1-3H3,(H,48,58)/t31?,34-/m0/s1. The van der Waals surface area contributed by atoms with E-state index in [2.05, 4.69) is 42.4 Å². The summed E-state index contributed by atoms with van der Waals surface area (Å²) in [6.07, 6.45) is 5.38. The number of hydrogen-bond donors (Lipinski definition) is 3. The zero-order valence-corrected chi connectivity index (χ0v) is 35.0. The molecule has 1 aliphatic carbocycles. The van der Waals surface area contributed by atoms with E-state index in [1.54, 1.807) is 12.3 Å². The molecule has 15 nitrogen and oxygen atoms in total. The van der Waals surface area contributed by atoms with E-state index < -0.39 is 22.9 Å². The minimum Gasteiger partial charge on any atom is -0.461 e. The zero-order valence-electron chi connectivity index (χ0n) is 35.0. The molecule has 3 aliphatic heterocycles. The number of H-pyrrole nitrogens is 1. The van der Waals surface area contributed by atoms with Crippen LogP contribution in [0.3, 0.4) is 0 Å². The summed E-state index contributed by atoms with van der Waals surface area (Å²) in [5.41, 5.74) is 2.60. The lowest BCUT2D eigenvalue weighted by atomic mass is 10.0. The van der Waals surface area contributed by atoms with Crippen molar-refractivity contribution in [3.8, 4) is 0 Å². The Morgan fingerprint density at radius 3 is 2.48 bits per heavy atom. The third kappa shape index (κ3) is 9.52. The maximum Gasteiger partial charge on any atom is 0.343 e. The predicted molar refractivity (Wildman–Crippen MR) is 230 cm³/mol. The molecule has 0 bridgehead atoms. The number of esters is 1. The number of halogens is 1. The van der Waals surface area contributed by atoms with E-state index in [1.807, 2.05) is 36.6 Å². The van der Waals surface area contributed by atoms with E-state index in [4.69, 9.17) is 9.47 Å². The molecule has 0 amide bonds. The van der Waals surface area contributed by atoms with Crippen LogP contribution in [0.2, 0.25) is 0 Å². The molecule has 4 fully saturated rings. The van der Waals surface area contributed by atoms with E-state index in [0.717, 1.165) is 62.4 Å². The minimum atomic E-state index is -0.693. The van der Waals surface area contributed by atoms with Crippen LogP contribution >= 0.6 is 0 Å². The SMILES string of the molecule is Cc1ccc(Nc2cc(=O)n(CCCC[C@H]3CN(N4CCNC(C)C4)CCN3c3cc4c(cc3F)c(=O)c(C(=O)OCCN3CCOCC3)cn4C3CC3)c(=O)[nH]2)cc1C. The molecule has 5 heterocycles. The van der Waals surface area contributed by atoms with Crippen LogP contribution < -0.4 is 32.2 Å². The Balaban J connectivity index is 0.998. The second-order valence-electron chi connectivity index (χ2n) is 16.8. The Hall–Kier alpha value is -4.87. The van der Waals surface area contributed by atoms with Gasteiger partial charge in [-0.05, 0) is 88.3 Å². The van der Waals surface area contributed by atoms with Gasteiger partial charge in [-0.1, -0.05) is 6.07 Å². The smallest absolute Gasteiger partial charge is 0.343 e. The van der Waals surface area contributed by atoms with Crippen molar-refractivity contribution in [3.63, 3.8) is 0 Å². The van der Waals surface area contributed by atoms with Crippen LogP contribution in [0.5, 0.6) is 0 Å². The highest BCUT2D eigenvalue weighted by molar-refractivity contribution is 5.94. The maximum atomic E-state index is 16.5. The van der Waals surface area contributed by atoms with Crippen molar-refractivity contribution in [2.45, 2.75) is 77.5 Å². The highest BCUT2D eigenvalue weighted by atomic mass is 19.1. The summed E-state index contributed by atoms with van der Waals surface area (Å²) < 4.78 is 30.7. The Kier molecular flexibility index (Phi) is 12.8. The van der Waals surface area contributed by atoms with E-state index in [0.29, 0.717) is 81.7 Å². The average Bonchev–Trinajstić information content (AvgIpc) is 4.08. The lowest BCUT2D eigenvalue weighted by molar-refractivity contribution is -0.0564. The van der Waals surface area contributed by atoms with Crippen LogP contribution in [0.15, 0.2) is 57.0 Å². The number of piperazine rings is 2. The Labute approximate surface area is 349 Å². The molecule has 1 unspecified atom stereocenters. The molecule has 2 aromatic carbocycles. The number of anilines is 3. The Morgan fingerprint density at radius 2 is 1.73 bits per heavy atom. The number of aryl methyl sites for hydroxylation is 2. The fourth-order valence-electron chi connectivity index (χ4n) is 8.80. The highest BCUT2D eigenvalue weighted by Crippen LogP contribution is 2.39. The molecular weight excluding hydrogens is 770 g/mol. The van der Waals surface area contributed by atoms with Gasteiger partial charge in [-0.15, -0.1) is 0 Å². The van der Waals surface area contributed by atoms with Crippen molar-refractivity contribution in [1.29, 1.82) is 0 Å². The van der Waals surface area contributed by atoms with Gasteiger partial charge >= 0.3 is 11.7 Å². The first kappa shape index (κ1) is 41.8. The topological polar surface area (TPSA) is 149 Å². The third-order valence-electron chi connectivity index (χ3n) is 12.5. The largest absolute Gasteiger partial charge is 0.461 e. The molecule has 4 aliphatic rings. The summed E-state index contributed by atoms with van der Waals surface area (Å²) in [5, 5.41) is 11.6. The summed E-state index contributed by atoms with van der Waals surface area (Å²) in [4.78, 5) is 60.5. The number of pyridine rings is 1. The molecule has 1 saturated carbocycles. The van der Waals surface area contributed by atoms with Gasteiger partial charge in [0.05, 0.1) is 24.4 Å². The maximum absolute atomic E-state index is 16.5. The zero-order chi connectivity index (χ0) is 41.9. The molecule has 3 N–H and O–H groups in total. The van der Waals surface area contributed by atoms with Gasteiger partial charge in [0, 0.05) is 107 Å². The number of benzene rings is 2.